The molecular formula is C24H18FNO4. The van der Waals surface area contributed by atoms with Crippen molar-refractivity contribution < 1.29 is 23.5 Å². The highest BCUT2D eigenvalue weighted by Gasteiger charge is 2.67. The zero-order valence-electron chi connectivity index (χ0n) is 15.9. The van der Waals surface area contributed by atoms with Gasteiger partial charge in [-0.2, -0.15) is 0 Å². The molecular weight excluding hydrogens is 385 g/mol. The lowest BCUT2D eigenvalue weighted by molar-refractivity contribution is -0.124. The van der Waals surface area contributed by atoms with Crippen LogP contribution in [-0.4, -0.2) is 17.8 Å². The highest BCUT2D eigenvalue weighted by Crippen LogP contribution is 2.65. The van der Waals surface area contributed by atoms with E-state index in [1.54, 1.807) is 18.2 Å². The number of imide groups is 1. The molecule has 2 saturated carbocycles. The first kappa shape index (κ1) is 17.6. The Morgan fingerprint density at radius 1 is 0.900 bits per heavy atom. The van der Waals surface area contributed by atoms with Gasteiger partial charge in [0.2, 0.25) is 11.8 Å². The Labute approximate surface area is 172 Å². The summed E-state index contributed by atoms with van der Waals surface area (Å²) in [5, 5.41) is 0. The van der Waals surface area contributed by atoms with E-state index in [0.717, 1.165) is 6.42 Å². The predicted octanol–water partition coefficient (Wildman–Crippen LogP) is 3.60. The van der Waals surface area contributed by atoms with Crippen LogP contribution < -0.4 is 9.64 Å². The Balaban J connectivity index is 1.35. The number of rotatable bonds is 3. The van der Waals surface area contributed by atoms with E-state index in [-0.39, 0.29) is 52.5 Å². The molecule has 150 valence electrons. The number of carbonyl (C=O) groups is 3. The van der Waals surface area contributed by atoms with Crippen molar-refractivity contribution in [3.63, 3.8) is 0 Å². The number of benzene rings is 2. The van der Waals surface area contributed by atoms with Gasteiger partial charge in [0, 0.05) is 0 Å². The summed E-state index contributed by atoms with van der Waals surface area (Å²) >= 11 is 0. The molecule has 6 atom stereocenters. The van der Waals surface area contributed by atoms with Crippen molar-refractivity contribution >= 4 is 23.5 Å². The first-order chi connectivity index (χ1) is 14.6. The summed E-state index contributed by atoms with van der Waals surface area (Å²) in [6.07, 6.45) is 5.31. The Hall–Kier alpha value is -3.28. The van der Waals surface area contributed by atoms with Gasteiger partial charge in [0.05, 0.1) is 23.1 Å². The predicted molar refractivity (Wildman–Crippen MR) is 105 cm³/mol. The maximum atomic E-state index is 14.0. The van der Waals surface area contributed by atoms with Crippen LogP contribution in [0, 0.1) is 41.3 Å². The van der Waals surface area contributed by atoms with Crippen LogP contribution in [0.1, 0.15) is 16.8 Å². The van der Waals surface area contributed by atoms with Gasteiger partial charge in [-0.3, -0.25) is 9.59 Å². The molecule has 3 fully saturated rings. The average molecular weight is 403 g/mol. The fourth-order valence-electron chi connectivity index (χ4n) is 5.70. The highest BCUT2D eigenvalue weighted by molar-refractivity contribution is 6.23. The summed E-state index contributed by atoms with van der Waals surface area (Å²) in [5.41, 5.74) is 0.0297. The van der Waals surface area contributed by atoms with E-state index >= 15 is 0 Å². The molecule has 6 heteroatoms. The maximum Gasteiger partial charge on any atom is 0.346 e. The molecule has 7 rings (SSSR count). The summed E-state index contributed by atoms with van der Waals surface area (Å²) in [7, 11) is 0. The second kappa shape index (κ2) is 6.11. The molecule has 0 N–H and O–H groups in total. The second-order valence-corrected chi connectivity index (χ2v) is 8.50. The normalized spacial score (nSPS) is 32.8. The van der Waals surface area contributed by atoms with E-state index in [1.807, 2.05) is 0 Å². The molecule has 2 aromatic carbocycles. The topological polar surface area (TPSA) is 63.7 Å². The number of hydrogen-bond acceptors (Lipinski definition) is 4. The molecule has 2 bridgehead atoms. The Morgan fingerprint density at radius 2 is 1.50 bits per heavy atom. The van der Waals surface area contributed by atoms with Crippen LogP contribution in [0.3, 0.4) is 0 Å². The number of para-hydroxylation sites is 2. The molecule has 5 nitrogen and oxygen atoms in total. The standard InChI is InChI=1S/C24H18FNO4/c25-17-6-2-1-5-14(17)24(29)30-19-8-4-3-7-18(19)26-22(27)20-12-9-10-13(16-11-15(12)16)21(20)23(26)28/h1-10,12-13,15-16,20-21H,11H2/t12-,13-,15-,16-,20+,21+/m0/s1. The number of ether oxygens (including phenoxy) is 1. The third-order valence-corrected chi connectivity index (χ3v) is 7.07. The Bertz CT molecular complexity index is 1110. The lowest BCUT2D eigenvalue weighted by atomic mass is 9.63. The van der Waals surface area contributed by atoms with E-state index < -0.39 is 11.8 Å². The Kier molecular flexibility index (Phi) is 3.58. The molecule has 0 aromatic heterocycles. The van der Waals surface area contributed by atoms with E-state index in [9.17, 15) is 18.8 Å². The van der Waals surface area contributed by atoms with Crippen molar-refractivity contribution in [1.29, 1.82) is 0 Å². The third-order valence-electron chi connectivity index (χ3n) is 7.07. The molecule has 1 heterocycles. The molecule has 4 aliphatic carbocycles. The van der Waals surface area contributed by atoms with Crippen LogP contribution in [-0.2, 0) is 9.59 Å². The molecule has 1 aliphatic heterocycles. The summed E-state index contributed by atoms with van der Waals surface area (Å²) in [6.45, 7) is 0. The van der Waals surface area contributed by atoms with Gasteiger partial charge < -0.3 is 4.74 Å². The smallest absolute Gasteiger partial charge is 0.346 e. The van der Waals surface area contributed by atoms with E-state index in [4.69, 9.17) is 4.74 Å². The Morgan fingerprint density at radius 3 is 2.17 bits per heavy atom. The van der Waals surface area contributed by atoms with E-state index in [0.29, 0.717) is 11.8 Å². The zero-order valence-corrected chi connectivity index (χ0v) is 15.9. The van der Waals surface area contributed by atoms with Gasteiger partial charge in [-0.1, -0.05) is 36.4 Å². The van der Waals surface area contributed by atoms with Crippen molar-refractivity contribution in [2.24, 2.45) is 35.5 Å². The molecule has 30 heavy (non-hydrogen) atoms. The second-order valence-electron chi connectivity index (χ2n) is 8.50. The van der Waals surface area contributed by atoms with Crippen LogP contribution in [0.2, 0.25) is 0 Å². The van der Waals surface area contributed by atoms with Crippen molar-refractivity contribution in [1.82, 2.24) is 0 Å². The monoisotopic (exact) mass is 403 g/mol. The minimum Gasteiger partial charge on any atom is -0.421 e. The number of anilines is 1. The maximum absolute atomic E-state index is 14.0. The molecule has 0 spiro atoms. The third kappa shape index (κ3) is 2.30. The summed E-state index contributed by atoms with van der Waals surface area (Å²) < 4.78 is 19.4. The number of carbonyl (C=O) groups excluding carboxylic acids is 3. The summed E-state index contributed by atoms with van der Waals surface area (Å²) in [4.78, 5) is 40.4. The van der Waals surface area contributed by atoms with Gasteiger partial charge in [0.15, 0.2) is 5.75 Å². The molecule has 2 aromatic rings. The zero-order chi connectivity index (χ0) is 20.6. The van der Waals surface area contributed by atoms with Gasteiger partial charge in [-0.15, -0.1) is 0 Å². The lowest BCUT2D eigenvalue weighted by Crippen LogP contribution is -2.40. The fourth-order valence-corrected chi connectivity index (χ4v) is 5.70. The number of nitrogens with zero attached hydrogens (tertiary/aromatic N) is 1. The summed E-state index contributed by atoms with van der Waals surface area (Å²) in [5.74, 6) is -1.41. The number of halogens is 1. The van der Waals surface area contributed by atoms with Gasteiger partial charge in [-0.05, 0) is 54.4 Å². The van der Waals surface area contributed by atoms with Crippen molar-refractivity contribution in [2.45, 2.75) is 6.42 Å². The minimum absolute atomic E-state index is 0.0663. The molecule has 1 saturated heterocycles. The first-order valence-corrected chi connectivity index (χ1v) is 10.2. The minimum atomic E-state index is -0.875. The van der Waals surface area contributed by atoms with Crippen LogP contribution in [0.4, 0.5) is 10.1 Å². The summed E-state index contributed by atoms with van der Waals surface area (Å²) in [6, 6.07) is 12.0. The van der Waals surface area contributed by atoms with Crippen LogP contribution in [0.5, 0.6) is 5.75 Å². The van der Waals surface area contributed by atoms with E-state index in [1.165, 1.54) is 35.2 Å². The number of hydrogen-bond donors (Lipinski definition) is 0. The first-order valence-electron chi connectivity index (χ1n) is 10.2. The van der Waals surface area contributed by atoms with Gasteiger partial charge in [0.1, 0.15) is 5.82 Å². The van der Waals surface area contributed by atoms with Crippen LogP contribution in [0.15, 0.2) is 60.7 Å². The molecule has 0 unspecified atom stereocenters. The van der Waals surface area contributed by atoms with Gasteiger partial charge in [-0.25, -0.2) is 14.1 Å². The molecule has 0 radical (unpaired) electrons. The van der Waals surface area contributed by atoms with E-state index in [2.05, 4.69) is 12.2 Å². The molecule has 5 aliphatic rings. The fraction of sp³-hybridized carbons (Fsp3) is 0.292. The van der Waals surface area contributed by atoms with Crippen LogP contribution in [0.25, 0.3) is 0 Å². The van der Waals surface area contributed by atoms with Crippen molar-refractivity contribution in [3.8, 4) is 5.75 Å². The number of amides is 2. The quantitative estimate of drug-likeness (QED) is 0.340. The largest absolute Gasteiger partial charge is 0.421 e. The lowest BCUT2D eigenvalue weighted by Gasteiger charge is -2.37. The van der Waals surface area contributed by atoms with Gasteiger partial charge >= 0.3 is 5.97 Å². The number of esters is 1. The number of allylic oxidation sites excluding steroid dienone is 2. The van der Waals surface area contributed by atoms with Crippen molar-refractivity contribution in [3.05, 3.63) is 72.1 Å². The average Bonchev–Trinajstić information content (AvgIpc) is 3.53. The van der Waals surface area contributed by atoms with Crippen molar-refractivity contribution in [2.75, 3.05) is 4.90 Å². The van der Waals surface area contributed by atoms with Gasteiger partial charge in [0.25, 0.3) is 0 Å². The highest BCUT2D eigenvalue weighted by atomic mass is 19.1. The SMILES string of the molecule is O=C(Oc1ccccc1N1C(=O)[C@@H]2[C@H]3C=C[C@@H]([C@@H]4C[C@@H]34)[C@H]2C1=O)c1ccccc1F. The van der Waals surface area contributed by atoms with Crippen LogP contribution >= 0.6 is 0 Å². The molecule has 2 amide bonds.